The molecule has 0 amide bonds. The molecule has 13 aromatic rings. The van der Waals surface area contributed by atoms with Gasteiger partial charge < -0.3 is 9.13 Å². The number of para-hydroxylation sites is 2. The zero-order valence-electron chi connectivity index (χ0n) is 36.6. The van der Waals surface area contributed by atoms with E-state index in [2.05, 4.69) is 173 Å². The molecule has 0 saturated heterocycles. The molecular weight excluding hydrogens is 829 g/mol. The Kier molecular flexibility index (Phi) is 9.12. The van der Waals surface area contributed by atoms with Crippen molar-refractivity contribution in [1.29, 1.82) is 5.26 Å². The Morgan fingerprint density at radius 3 is 1.51 bits per heavy atom. The van der Waals surface area contributed by atoms with Crippen LogP contribution in [0.3, 0.4) is 0 Å². The summed E-state index contributed by atoms with van der Waals surface area (Å²) in [6.45, 7) is 0. The van der Waals surface area contributed by atoms with Gasteiger partial charge in [0, 0.05) is 43.9 Å². The van der Waals surface area contributed by atoms with Crippen LogP contribution in [0.1, 0.15) is 5.56 Å². The van der Waals surface area contributed by atoms with Crippen LogP contribution < -0.4 is 0 Å². The zero-order valence-corrected chi connectivity index (χ0v) is 36.6. The predicted octanol–water partition coefficient (Wildman–Crippen LogP) is 15.4. The normalized spacial score (nSPS) is 11.5. The van der Waals surface area contributed by atoms with Gasteiger partial charge in [0.25, 0.3) is 0 Å². The minimum atomic E-state index is 0.478. The Bertz CT molecular complexity index is 4060. The molecule has 3 heterocycles. The van der Waals surface area contributed by atoms with Gasteiger partial charge in [-0.05, 0) is 93.7 Å². The first-order valence-corrected chi connectivity index (χ1v) is 22.7. The first kappa shape index (κ1) is 39.0. The molecular formula is C62H38N6. The molecule has 0 spiro atoms. The van der Waals surface area contributed by atoms with Crippen molar-refractivity contribution in [3.63, 3.8) is 0 Å². The van der Waals surface area contributed by atoms with E-state index in [1.807, 2.05) is 72.8 Å². The van der Waals surface area contributed by atoms with Crippen LogP contribution in [-0.4, -0.2) is 24.1 Å². The monoisotopic (exact) mass is 866 g/mol. The molecule has 10 aromatic carbocycles. The van der Waals surface area contributed by atoms with Gasteiger partial charge in [-0.25, -0.2) is 15.0 Å². The molecule has 0 fully saturated rings. The van der Waals surface area contributed by atoms with Crippen LogP contribution in [0.2, 0.25) is 0 Å². The van der Waals surface area contributed by atoms with E-state index >= 15 is 0 Å². The van der Waals surface area contributed by atoms with E-state index in [4.69, 9.17) is 15.0 Å². The van der Waals surface area contributed by atoms with E-state index in [1.165, 1.54) is 10.8 Å². The molecule has 3 aromatic heterocycles. The third-order valence-corrected chi connectivity index (χ3v) is 13.2. The summed E-state index contributed by atoms with van der Waals surface area (Å²) in [5.74, 6) is 1.57. The first-order chi connectivity index (χ1) is 33.7. The SMILES string of the molecule is N#Cc1cc(-c2nc(-c3cccc(-c4ccccc4)c3)nc(-c3cccc(-c4ccccc4)c3)n2)ccc1-n1c2ccccc2c2ccc3c(c4ccccc4n3-c3ccc4ccccc4c3)c21. The molecule has 68 heavy (non-hydrogen) atoms. The summed E-state index contributed by atoms with van der Waals surface area (Å²) >= 11 is 0. The van der Waals surface area contributed by atoms with Crippen molar-refractivity contribution in [2.24, 2.45) is 0 Å². The molecule has 0 unspecified atom stereocenters. The average molecular weight is 867 g/mol. The average Bonchev–Trinajstić information content (AvgIpc) is 3.94. The summed E-state index contributed by atoms with van der Waals surface area (Å²) in [5, 5.41) is 18.1. The maximum atomic E-state index is 11.2. The molecule has 0 saturated carbocycles. The Labute approximate surface area is 391 Å². The van der Waals surface area contributed by atoms with Crippen LogP contribution in [0.15, 0.2) is 231 Å². The van der Waals surface area contributed by atoms with Gasteiger partial charge in [0.2, 0.25) is 0 Å². The fourth-order valence-corrected chi connectivity index (χ4v) is 10.0. The maximum absolute atomic E-state index is 11.2. The van der Waals surface area contributed by atoms with Gasteiger partial charge in [-0.3, -0.25) is 0 Å². The van der Waals surface area contributed by atoms with Gasteiger partial charge in [-0.15, -0.1) is 0 Å². The van der Waals surface area contributed by atoms with Crippen LogP contribution in [-0.2, 0) is 0 Å². The van der Waals surface area contributed by atoms with E-state index < -0.39 is 0 Å². The van der Waals surface area contributed by atoms with Crippen molar-refractivity contribution in [2.45, 2.75) is 0 Å². The first-order valence-electron chi connectivity index (χ1n) is 22.7. The lowest BCUT2D eigenvalue weighted by molar-refractivity contribution is 1.07. The molecule has 13 rings (SSSR count). The van der Waals surface area contributed by atoms with E-state index in [0.29, 0.717) is 28.6 Å². The van der Waals surface area contributed by atoms with E-state index in [9.17, 15) is 5.26 Å². The van der Waals surface area contributed by atoms with E-state index in [-0.39, 0.29) is 0 Å². The number of aromatic nitrogens is 5. The molecule has 0 aliphatic carbocycles. The Balaban J connectivity index is 1.02. The third kappa shape index (κ3) is 6.45. The highest BCUT2D eigenvalue weighted by molar-refractivity contribution is 6.26. The van der Waals surface area contributed by atoms with Crippen LogP contribution in [0.5, 0.6) is 0 Å². The number of fused-ring (bicyclic) bond motifs is 8. The van der Waals surface area contributed by atoms with Gasteiger partial charge in [-0.1, -0.05) is 170 Å². The molecule has 0 aliphatic rings. The van der Waals surface area contributed by atoms with Crippen molar-refractivity contribution in [2.75, 3.05) is 0 Å². The fraction of sp³-hybridized carbons (Fsp3) is 0. The van der Waals surface area contributed by atoms with Gasteiger partial charge >= 0.3 is 0 Å². The second-order valence-electron chi connectivity index (χ2n) is 17.1. The van der Waals surface area contributed by atoms with Crippen molar-refractivity contribution in [1.82, 2.24) is 24.1 Å². The Morgan fingerprint density at radius 2 is 0.868 bits per heavy atom. The van der Waals surface area contributed by atoms with Crippen molar-refractivity contribution in [3.05, 3.63) is 236 Å². The summed E-state index contributed by atoms with van der Waals surface area (Å²) in [6.07, 6.45) is 0. The molecule has 0 radical (unpaired) electrons. The molecule has 0 atom stereocenters. The van der Waals surface area contributed by atoms with Gasteiger partial charge in [-0.2, -0.15) is 5.26 Å². The summed E-state index contributed by atoms with van der Waals surface area (Å²) in [7, 11) is 0. The maximum Gasteiger partial charge on any atom is 0.164 e. The second-order valence-corrected chi connectivity index (χ2v) is 17.1. The van der Waals surface area contributed by atoms with E-state index in [1.54, 1.807) is 0 Å². The lowest BCUT2D eigenvalue weighted by Gasteiger charge is -2.14. The van der Waals surface area contributed by atoms with Gasteiger partial charge in [0.1, 0.15) is 6.07 Å². The largest absolute Gasteiger partial charge is 0.309 e. The predicted molar refractivity (Wildman–Crippen MR) is 278 cm³/mol. The summed E-state index contributed by atoms with van der Waals surface area (Å²) in [4.78, 5) is 15.5. The number of rotatable bonds is 7. The highest BCUT2D eigenvalue weighted by Crippen LogP contribution is 2.43. The quantitative estimate of drug-likeness (QED) is 0.160. The Hall–Kier alpha value is -9.44. The highest BCUT2D eigenvalue weighted by Gasteiger charge is 2.23. The number of hydrogen-bond acceptors (Lipinski definition) is 4. The van der Waals surface area contributed by atoms with Crippen LogP contribution >= 0.6 is 0 Å². The Morgan fingerprint density at radius 1 is 0.338 bits per heavy atom. The highest BCUT2D eigenvalue weighted by atomic mass is 15.0. The van der Waals surface area contributed by atoms with E-state index in [0.717, 1.165) is 88.4 Å². The summed E-state index contributed by atoms with van der Waals surface area (Å²) in [6, 6.07) is 82.7. The second kappa shape index (κ2) is 15.9. The smallest absolute Gasteiger partial charge is 0.164 e. The number of benzene rings is 10. The minimum Gasteiger partial charge on any atom is -0.309 e. The lowest BCUT2D eigenvalue weighted by Crippen LogP contribution is -2.02. The molecule has 0 bridgehead atoms. The molecule has 316 valence electrons. The standard InChI is InChI=1S/C62H38N6/c63-39-49-37-48(62-65-60(46-23-13-21-43(35-46)40-15-3-1-4-16-40)64-61(66-62)47-24-14-22-44(36-47)41-17-5-2-6-18-41)30-33-54(49)68-55-27-11-9-25-51(55)52-32-34-57-58(59(52)68)53-26-10-12-28-56(53)67(57)50-31-29-42-19-7-8-20-45(42)38-50/h1-38H. The van der Waals surface area contributed by atoms with Crippen molar-refractivity contribution >= 4 is 54.4 Å². The van der Waals surface area contributed by atoms with Crippen molar-refractivity contribution in [3.8, 4) is 73.9 Å². The van der Waals surface area contributed by atoms with Crippen LogP contribution in [0.25, 0.3) is 122 Å². The molecule has 0 N–H and O–H groups in total. The van der Waals surface area contributed by atoms with Crippen molar-refractivity contribution < 1.29 is 0 Å². The lowest BCUT2D eigenvalue weighted by atomic mass is 10.0. The van der Waals surface area contributed by atoms with Crippen LogP contribution in [0, 0.1) is 11.3 Å². The number of nitriles is 1. The van der Waals surface area contributed by atoms with Gasteiger partial charge in [0.05, 0.1) is 33.3 Å². The summed E-state index contributed by atoms with van der Waals surface area (Å²) in [5.41, 5.74) is 13.4. The number of nitrogens with zero attached hydrogens (tertiary/aromatic N) is 6. The molecule has 6 heteroatoms. The third-order valence-electron chi connectivity index (χ3n) is 13.2. The summed E-state index contributed by atoms with van der Waals surface area (Å²) < 4.78 is 4.65. The molecule has 0 aliphatic heterocycles. The van der Waals surface area contributed by atoms with Crippen LogP contribution in [0.4, 0.5) is 0 Å². The minimum absolute atomic E-state index is 0.478. The fourth-order valence-electron chi connectivity index (χ4n) is 10.0. The number of hydrogen-bond donors (Lipinski definition) is 0. The molecule has 6 nitrogen and oxygen atoms in total. The van der Waals surface area contributed by atoms with Gasteiger partial charge in [0.15, 0.2) is 17.5 Å². The zero-order chi connectivity index (χ0) is 45.1. The topological polar surface area (TPSA) is 72.3 Å².